The van der Waals surface area contributed by atoms with Gasteiger partial charge in [-0.3, -0.25) is 24.6 Å². The average molecular weight is 707 g/mol. The number of fused-ring (bicyclic) bond motifs is 1. The molecule has 264 valence electrons. The Labute approximate surface area is 282 Å². The highest BCUT2D eigenvalue weighted by atomic mass is 32.2. The summed E-state index contributed by atoms with van der Waals surface area (Å²) >= 11 is 1.11. The molecule has 4 aliphatic heterocycles. The van der Waals surface area contributed by atoms with Crippen molar-refractivity contribution in [2.45, 2.75) is 62.5 Å². The van der Waals surface area contributed by atoms with E-state index in [1.54, 1.807) is 6.92 Å². The van der Waals surface area contributed by atoms with Gasteiger partial charge in [-0.15, -0.1) is 11.8 Å². The van der Waals surface area contributed by atoms with Gasteiger partial charge >= 0.3 is 24.2 Å². The molecule has 0 aliphatic carbocycles. The molecule has 5 amide bonds. The van der Waals surface area contributed by atoms with Crippen LogP contribution in [0.5, 0.6) is 0 Å². The quantitative estimate of drug-likeness (QED) is 0.110. The Hall–Kier alpha value is -5.11. The third kappa shape index (κ3) is 6.91. The van der Waals surface area contributed by atoms with Crippen molar-refractivity contribution < 1.29 is 58.1 Å². The summed E-state index contributed by atoms with van der Waals surface area (Å²) in [6.07, 6.45) is -6.55. The number of carboxylic acids is 1. The molecule has 4 aliphatic rings. The first-order valence-electron chi connectivity index (χ1n) is 15.1. The first-order valence-corrected chi connectivity index (χ1v) is 16.0. The summed E-state index contributed by atoms with van der Waals surface area (Å²) in [5.41, 5.74) is 10.3. The lowest BCUT2D eigenvalue weighted by Crippen LogP contribution is -2.63. The number of carbonyl (C=O) groups excluding carboxylic acids is 5. The fraction of sp³-hybridized carbons (Fsp3) is 0.517. The van der Waals surface area contributed by atoms with Crippen molar-refractivity contribution in [2.24, 2.45) is 23.3 Å². The average Bonchev–Trinajstić information content (AvgIpc) is 3.68. The van der Waals surface area contributed by atoms with Crippen LogP contribution in [0.3, 0.4) is 0 Å². The van der Waals surface area contributed by atoms with E-state index in [1.807, 2.05) is 0 Å². The number of nitrogens with zero attached hydrogens (tertiary/aromatic N) is 4. The Balaban J connectivity index is 1.38. The Kier molecular flexibility index (Phi) is 9.90. The number of hydrogen-bond donors (Lipinski definition) is 4. The molecule has 3 saturated heterocycles. The van der Waals surface area contributed by atoms with E-state index in [0.717, 1.165) is 16.7 Å². The third-order valence-electron chi connectivity index (χ3n) is 8.96. The number of rotatable bonds is 10. The summed E-state index contributed by atoms with van der Waals surface area (Å²) in [6.45, 7) is 2.34. The number of ether oxygens (including phenoxy) is 3. The van der Waals surface area contributed by atoms with E-state index in [-0.39, 0.29) is 44.0 Å². The number of nitrogens with two attached hydrogens (primary N) is 2. The summed E-state index contributed by atoms with van der Waals surface area (Å²) < 4.78 is 15.5. The Morgan fingerprint density at radius 1 is 1.06 bits per heavy atom. The van der Waals surface area contributed by atoms with Crippen LogP contribution < -0.4 is 11.5 Å². The van der Waals surface area contributed by atoms with Crippen LogP contribution in [-0.2, 0) is 35.2 Å². The molecule has 49 heavy (non-hydrogen) atoms. The van der Waals surface area contributed by atoms with Crippen LogP contribution in [0.25, 0.3) is 0 Å². The summed E-state index contributed by atoms with van der Waals surface area (Å²) in [5.74, 6) is -3.72. The zero-order chi connectivity index (χ0) is 35.9. The third-order valence-corrected chi connectivity index (χ3v) is 10.5. The molecule has 4 heterocycles. The molecular weight excluding hydrogens is 672 g/mol. The fourth-order valence-electron chi connectivity index (χ4n) is 6.78. The van der Waals surface area contributed by atoms with Gasteiger partial charge < -0.3 is 45.7 Å². The van der Waals surface area contributed by atoms with Crippen molar-refractivity contribution in [3.8, 4) is 0 Å². The maximum Gasteiger partial charge on any atom is 0.410 e. The van der Waals surface area contributed by atoms with Gasteiger partial charge in [-0.2, -0.15) is 0 Å². The number of hydrogen-bond acceptors (Lipinski definition) is 13. The minimum Gasteiger partial charge on any atom is -0.477 e. The Morgan fingerprint density at radius 3 is 2.16 bits per heavy atom. The number of primary amides is 2. The second-order valence-electron chi connectivity index (χ2n) is 12.1. The van der Waals surface area contributed by atoms with Crippen molar-refractivity contribution >= 4 is 53.5 Å². The van der Waals surface area contributed by atoms with Crippen LogP contribution in [0.2, 0.25) is 0 Å². The van der Waals surface area contributed by atoms with E-state index in [4.69, 9.17) is 25.7 Å². The van der Waals surface area contributed by atoms with Gasteiger partial charge in [0.15, 0.2) is 12.2 Å². The summed E-state index contributed by atoms with van der Waals surface area (Å²) in [7, 11) is 0. The van der Waals surface area contributed by atoms with Crippen LogP contribution in [0, 0.1) is 22.0 Å². The van der Waals surface area contributed by atoms with E-state index in [9.17, 15) is 49.1 Å². The molecule has 3 fully saturated rings. The monoisotopic (exact) mass is 706 g/mol. The molecule has 0 aromatic heterocycles. The number of non-ortho nitro benzene ring substituents is 1. The normalized spacial score (nSPS) is 28.1. The Morgan fingerprint density at radius 2 is 1.65 bits per heavy atom. The molecule has 20 heteroatoms. The molecule has 0 saturated carbocycles. The molecule has 1 aromatic carbocycles. The van der Waals surface area contributed by atoms with Gasteiger partial charge in [-0.1, -0.05) is 6.92 Å². The standard InChI is InChI=1S/C29H34N6O13S/c1-12-21-20(13(2)36)25(38)34(21)22(26(39)40)23(12)49-16-7-17(24(37)32-9-18(47-27(30)41)19(10-32)48-28(31)42)33(8-16)29(43)46-11-14-3-5-15(6-4-14)35(44)45/h3-6,12-13,16-21,36H,7-11H2,1-2H3,(H2,30,41)(H2,31,42)(H,39,40)/t12-,13-,16+,17+,18+,19+,20-,21-/m1/s1. The highest BCUT2D eigenvalue weighted by molar-refractivity contribution is 8.03. The fourth-order valence-corrected chi connectivity index (χ4v) is 8.30. The van der Waals surface area contributed by atoms with Gasteiger partial charge in [-0.05, 0) is 31.0 Å². The molecule has 6 N–H and O–H groups in total. The topological polar surface area (TPSA) is 275 Å². The zero-order valence-corrected chi connectivity index (χ0v) is 27.0. The number of aliphatic hydroxyl groups is 1. The number of aliphatic hydroxyl groups excluding tert-OH is 1. The summed E-state index contributed by atoms with van der Waals surface area (Å²) in [5, 5.41) is 30.7. The van der Waals surface area contributed by atoms with E-state index >= 15 is 0 Å². The van der Waals surface area contributed by atoms with Gasteiger partial charge in [0, 0.05) is 34.8 Å². The maximum absolute atomic E-state index is 14.0. The van der Waals surface area contributed by atoms with Crippen molar-refractivity contribution in [3.05, 3.63) is 50.5 Å². The van der Waals surface area contributed by atoms with Crippen LogP contribution in [0.15, 0.2) is 34.9 Å². The van der Waals surface area contributed by atoms with Crippen molar-refractivity contribution in [2.75, 3.05) is 19.6 Å². The first kappa shape index (κ1) is 35.2. The molecule has 0 radical (unpaired) electrons. The van der Waals surface area contributed by atoms with Gasteiger partial charge in [0.05, 0.1) is 36.1 Å². The van der Waals surface area contributed by atoms with Gasteiger partial charge in [0.25, 0.3) is 5.69 Å². The van der Waals surface area contributed by atoms with Crippen molar-refractivity contribution in [3.63, 3.8) is 0 Å². The number of aliphatic carboxylic acids is 1. The number of likely N-dealkylation sites (tertiary alicyclic amines) is 2. The first-order chi connectivity index (χ1) is 23.1. The second-order valence-corrected chi connectivity index (χ2v) is 13.4. The van der Waals surface area contributed by atoms with Crippen LogP contribution in [-0.4, -0.2) is 121 Å². The van der Waals surface area contributed by atoms with Crippen LogP contribution in [0.4, 0.5) is 20.1 Å². The number of carboxylic acid groups (broad SMARTS) is 1. The molecule has 8 atom stereocenters. The molecule has 0 bridgehead atoms. The second kappa shape index (κ2) is 13.8. The molecule has 1 aromatic rings. The van der Waals surface area contributed by atoms with Crippen molar-refractivity contribution in [1.29, 1.82) is 0 Å². The van der Waals surface area contributed by atoms with Crippen molar-refractivity contribution in [1.82, 2.24) is 14.7 Å². The highest BCUT2D eigenvalue weighted by Crippen LogP contribution is 2.52. The molecular formula is C29H34N6O13S. The molecule has 5 rings (SSSR count). The lowest BCUT2D eigenvalue weighted by Gasteiger charge is -2.46. The summed E-state index contributed by atoms with van der Waals surface area (Å²) in [6, 6.07) is 3.56. The maximum atomic E-state index is 14.0. The number of benzene rings is 1. The minimum atomic E-state index is -1.34. The SMILES string of the molecule is C[C@@H](O)[C@H]1C(=O)N2C(C(=O)O)=C(S[C@H]3C[C@@H](C(=O)N4C[C@H](OC(N)=O)[C@@H](OC(N)=O)C4)N(C(=O)OCc4ccc([N+](=O)[O-])cc4)C3)[C@H](C)[C@H]12. The van der Waals surface area contributed by atoms with E-state index in [0.29, 0.717) is 10.5 Å². The molecule has 0 unspecified atom stereocenters. The molecule has 0 spiro atoms. The highest BCUT2D eigenvalue weighted by Gasteiger charge is 2.60. The van der Waals surface area contributed by atoms with Gasteiger partial charge in [-0.25, -0.2) is 19.2 Å². The number of thioether (sulfide) groups is 1. The summed E-state index contributed by atoms with van der Waals surface area (Å²) in [4.78, 5) is 89.9. The largest absolute Gasteiger partial charge is 0.477 e. The van der Waals surface area contributed by atoms with E-state index in [1.165, 1.54) is 41.0 Å². The number of amides is 5. The van der Waals surface area contributed by atoms with E-state index < -0.39 is 88.5 Å². The number of nitro benzene ring substituents is 1. The van der Waals surface area contributed by atoms with Gasteiger partial charge in [0.2, 0.25) is 11.8 Å². The predicted molar refractivity (Wildman–Crippen MR) is 165 cm³/mol. The van der Waals surface area contributed by atoms with E-state index in [2.05, 4.69) is 0 Å². The van der Waals surface area contributed by atoms with Crippen LogP contribution in [0.1, 0.15) is 25.8 Å². The van der Waals surface area contributed by atoms with Crippen LogP contribution >= 0.6 is 11.8 Å². The Bertz CT molecular complexity index is 1580. The lowest BCUT2D eigenvalue weighted by molar-refractivity contribution is -0.384. The molecule has 19 nitrogen and oxygen atoms in total. The smallest absolute Gasteiger partial charge is 0.410 e. The predicted octanol–water partition coefficient (Wildman–Crippen LogP) is 0.331. The lowest BCUT2D eigenvalue weighted by atomic mass is 9.79. The van der Waals surface area contributed by atoms with Gasteiger partial charge in [0.1, 0.15) is 18.3 Å². The number of β-lactam (4-membered cyclic amide) rings is 1. The number of carbonyl (C=O) groups is 6. The number of nitro groups is 1. The zero-order valence-electron chi connectivity index (χ0n) is 26.2. The minimum absolute atomic E-state index is 0.0108.